The van der Waals surface area contributed by atoms with Crippen LogP contribution in [0.2, 0.25) is 0 Å². The van der Waals surface area contributed by atoms with Crippen molar-refractivity contribution in [3.8, 4) is 0 Å². The summed E-state index contributed by atoms with van der Waals surface area (Å²) < 4.78 is 13.2. The zero-order valence-corrected chi connectivity index (χ0v) is 9.70. The van der Waals surface area contributed by atoms with E-state index in [4.69, 9.17) is 5.11 Å². The number of rotatable bonds is 3. The maximum absolute atomic E-state index is 13.2. The van der Waals surface area contributed by atoms with E-state index in [2.05, 4.69) is 12.2 Å². The minimum absolute atomic E-state index is 0.0432. The van der Waals surface area contributed by atoms with Crippen molar-refractivity contribution in [3.05, 3.63) is 35.1 Å². The average Bonchev–Trinajstić information content (AvgIpc) is 2.55. The van der Waals surface area contributed by atoms with Gasteiger partial charge in [-0.25, -0.2) is 4.39 Å². The maximum atomic E-state index is 13.2. The van der Waals surface area contributed by atoms with Crippen LogP contribution in [0.5, 0.6) is 0 Å². The third-order valence-corrected chi connectivity index (χ3v) is 3.29. The van der Waals surface area contributed by atoms with Crippen LogP contribution in [0.15, 0.2) is 18.2 Å². The first-order valence-electron chi connectivity index (χ1n) is 5.77. The van der Waals surface area contributed by atoms with Gasteiger partial charge in [0.2, 0.25) is 0 Å². The number of nitrogens with one attached hydrogen (secondary N) is 1. The second kappa shape index (κ2) is 4.52. The van der Waals surface area contributed by atoms with Crippen molar-refractivity contribution in [1.29, 1.82) is 0 Å². The summed E-state index contributed by atoms with van der Waals surface area (Å²) in [6.07, 6.45) is 0.978. The Kier molecular flexibility index (Phi) is 3.26. The van der Waals surface area contributed by atoms with Crippen molar-refractivity contribution in [1.82, 2.24) is 5.32 Å². The number of hydrogen-bond acceptors (Lipinski definition) is 2. The van der Waals surface area contributed by atoms with Crippen molar-refractivity contribution in [2.75, 3.05) is 6.61 Å². The number of aliphatic hydroxyl groups is 1. The number of hydrogen-bond donors (Lipinski definition) is 2. The van der Waals surface area contributed by atoms with Gasteiger partial charge in [0.05, 0.1) is 6.61 Å². The van der Waals surface area contributed by atoms with Gasteiger partial charge in [-0.2, -0.15) is 0 Å². The van der Waals surface area contributed by atoms with Crippen LogP contribution in [0.25, 0.3) is 0 Å². The van der Waals surface area contributed by atoms with E-state index < -0.39 is 0 Å². The molecule has 0 saturated carbocycles. The van der Waals surface area contributed by atoms with Crippen LogP contribution in [0, 0.1) is 11.7 Å². The third kappa shape index (κ3) is 2.11. The van der Waals surface area contributed by atoms with Crippen LogP contribution in [-0.4, -0.2) is 17.8 Å². The summed E-state index contributed by atoms with van der Waals surface area (Å²) in [5.74, 6) is 0.266. The molecule has 1 aromatic rings. The van der Waals surface area contributed by atoms with Gasteiger partial charge in [-0.15, -0.1) is 0 Å². The van der Waals surface area contributed by atoms with Crippen molar-refractivity contribution in [2.24, 2.45) is 5.92 Å². The molecule has 0 heterocycles. The Bertz CT molecular complexity index is 380. The second-order valence-corrected chi connectivity index (χ2v) is 4.75. The first-order chi connectivity index (χ1) is 7.61. The fourth-order valence-corrected chi connectivity index (χ4v) is 2.43. The Morgan fingerprint density at radius 3 is 3.00 bits per heavy atom. The molecule has 2 N–H and O–H groups in total. The molecule has 0 aromatic heterocycles. The molecular formula is C13H18FNO. The van der Waals surface area contributed by atoms with Crippen molar-refractivity contribution >= 4 is 0 Å². The van der Waals surface area contributed by atoms with Gasteiger partial charge in [0.1, 0.15) is 5.82 Å². The van der Waals surface area contributed by atoms with Gasteiger partial charge in [-0.05, 0) is 42.5 Å². The predicted molar refractivity (Wildman–Crippen MR) is 61.7 cm³/mol. The minimum Gasteiger partial charge on any atom is -0.395 e. The van der Waals surface area contributed by atoms with E-state index in [-0.39, 0.29) is 24.5 Å². The zero-order valence-electron chi connectivity index (χ0n) is 9.70. The molecule has 3 atom stereocenters. The third-order valence-electron chi connectivity index (χ3n) is 3.29. The molecule has 0 aliphatic heterocycles. The normalized spacial score (nSPS) is 25.5. The molecule has 3 heteroatoms. The lowest BCUT2D eigenvalue weighted by atomic mass is 10.0. The van der Waals surface area contributed by atoms with Crippen molar-refractivity contribution in [2.45, 2.75) is 32.4 Å². The smallest absolute Gasteiger partial charge is 0.123 e. The lowest BCUT2D eigenvalue weighted by Crippen LogP contribution is -2.34. The molecule has 1 aliphatic rings. The molecule has 0 saturated heterocycles. The van der Waals surface area contributed by atoms with Gasteiger partial charge >= 0.3 is 0 Å². The first-order valence-corrected chi connectivity index (χ1v) is 5.77. The van der Waals surface area contributed by atoms with Gasteiger partial charge in [0.15, 0.2) is 0 Å². The number of benzene rings is 1. The van der Waals surface area contributed by atoms with Crippen LogP contribution in [-0.2, 0) is 6.42 Å². The quantitative estimate of drug-likeness (QED) is 0.821. The van der Waals surface area contributed by atoms with Gasteiger partial charge in [-0.1, -0.05) is 13.0 Å². The molecule has 1 aliphatic carbocycles. The van der Waals surface area contributed by atoms with E-state index in [9.17, 15) is 4.39 Å². The average molecular weight is 223 g/mol. The SMILES string of the molecule is CC1Cc2ccc(F)cc2C1N[C@@H](C)CO. The van der Waals surface area contributed by atoms with E-state index in [1.807, 2.05) is 13.0 Å². The Morgan fingerprint density at radius 1 is 1.56 bits per heavy atom. The monoisotopic (exact) mass is 223 g/mol. The van der Waals surface area contributed by atoms with Crippen LogP contribution in [0.1, 0.15) is 31.0 Å². The standard InChI is InChI=1S/C13H18FNO/c1-8-5-10-3-4-11(14)6-12(10)13(8)15-9(2)7-16/h3-4,6,8-9,13,15-16H,5,7H2,1-2H3/t8?,9-,13?/m0/s1. The summed E-state index contributed by atoms with van der Waals surface area (Å²) in [5, 5.41) is 12.4. The van der Waals surface area contributed by atoms with Crippen LogP contribution in [0.4, 0.5) is 4.39 Å². The highest BCUT2D eigenvalue weighted by molar-refractivity contribution is 5.36. The van der Waals surface area contributed by atoms with Gasteiger partial charge in [0.25, 0.3) is 0 Å². The van der Waals surface area contributed by atoms with E-state index in [1.165, 1.54) is 11.6 Å². The first kappa shape index (κ1) is 11.6. The van der Waals surface area contributed by atoms with Gasteiger partial charge in [0, 0.05) is 12.1 Å². The fourth-order valence-electron chi connectivity index (χ4n) is 2.43. The highest BCUT2D eigenvalue weighted by Crippen LogP contribution is 2.36. The second-order valence-electron chi connectivity index (χ2n) is 4.75. The largest absolute Gasteiger partial charge is 0.395 e. The topological polar surface area (TPSA) is 32.3 Å². The zero-order chi connectivity index (χ0) is 11.7. The van der Waals surface area contributed by atoms with Gasteiger partial charge in [-0.3, -0.25) is 0 Å². The summed E-state index contributed by atoms with van der Waals surface area (Å²) >= 11 is 0. The Balaban J connectivity index is 2.24. The number of aliphatic hydroxyl groups excluding tert-OH is 1. The number of fused-ring (bicyclic) bond motifs is 1. The van der Waals surface area contributed by atoms with Crippen LogP contribution in [0.3, 0.4) is 0 Å². The molecule has 0 bridgehead atoms. The van der Waals surface area contributed by atoms with Crippen molar-refractivity contribution < 1.29 is 9.50 Å². The molecule has 0 radical (unpaired) electrons. The maximum Gasteiger partial charge on any atom is 0.123 e. The summed E-state index contributed by atoms with van der Waals surface area (Å²) in [6, 6.07) is 5.20. The number of halogens is 1. The van der Waals surface area contributed by atoms with Gasteiger partial charge < -0.3 is 10.4 Å². The Hall–Kier alpha value is -0.930. The summed E-state index contributed by atoms with van der Waals surface area (Å²) in [7, 11) is 0. The van der Waals surface area contributed by atoms with E-state index in [1.54, 1.807) is 6.07 Å². The molecule has 16 heavy (non-hydrogen) atoms. The van der Waals surface area contributed by atoms with E-state index >= 15 is 0 Å². The molecule has 1 aromatic carbocycles. The molecular weight excluding hydrogens is 205 g/mol. The summed E-state index contributed by atoms with van der Waals surface area (Å²) in [6.45, 7) is 4.19. The molecule has 0 fully saturated rings. The van der Waals surface area contributed by atoms with Crippen molar-refractivity contribution in [3.63, 3.8) is 0 Å². The summed E-state index contributed by atoms with van der Waals surface area (Å²) in [4.78, 5) is 0. The molecule has 0 spiro atoms. The highest BCUT2D eigenvalue weighted by Gasteiger charge is 2.30. The van der Waals surface area contributed by atoms with E-state index in [0.29, 0.717) is 5.92 Å². The Morgan fingerprint density at radius 2 is 2.31 bits per heavy atom. The molecule has 2 unspecified atom stereocenters. The predicted octanol–water partition coefficient (Wildman–Crippen LogP) is 2.03. The van der Waals surface area contributed by atoms with Crippen LogP contribution < -0.4 is 5.32 Å². The molecule has 0 amide bonds. The molecule has 2 rings (SSSR count). The Labute approximate surface area is 95.5 Å². The highest BCUT2D eigenvalue weighted by atomic mass is 19.1. The lowest BCUT2D eigenvalue weighted by Gasteiger charge is -2.22. The molecule has 88 valence electrons. The molecule has 2 nitrogen and oxygen atoms in total. The lowest BCUT2D eigenvalue weighted by molar-refractivity contribution is 0.231. The van der Waals surface area contributed by atoms with E-state index in [0.717, 1.165) is 12.0 Å². The summed E-state index contributed by atoms with van der Waals surface area (Å²) in [5.41, 5.74) is 2.27. The van der Waals surface area contributed by atoms with Crippen LogP contribution >= 0.6 is 0 Å². The minimum atomic E-state index is -0.184. The fraction of sp³-hybridized carbons (Fsp3) is 0.538.